The summed E-state index contributed by atoms with van der Waals surface area (Å²) in [4.78, 5) is 25.2. The fourth-order valence-corrected chi connectivity index (χ4v) is 5.30. The van der Waals surface area contributed by atoms with Crippen molar-refractivity contribution in [3.8, 4) is 16.9 Å². The number of hydrogen-bond acceptors (Lipinski definition) is 5. The van der Waals surface area contributed by atoms with Gasteiger partial charge in [-0.3, -0.25) is 4.79 Å². The van der Waals surface area contributed by atoms with Gasteiger partial charge in [0.25, 0.3) is 5.72 Å². The monoisotopic (exact) mass is 551 g/mol. The van der Waals surface area contributed by atoms with Crippen LogP contribution >= 0.6 is 0 Å². The first-order valence-electron chi connectivity index (χ1n) is 11.5. The van der Waals surface area contributed by atoms with Gasteiger partial charge < -0.3 is 14.6 Å². The van der Waals surface area contributed by atoms with E-state index in [2.05, 4.69) is 0 Å². The highest BCUT2D eigenvalue weighted by molar-refractivity contribution is 6.02. The van der Waals surface area contributed by atoms with Crippen LogP contribution in [0.25, 0.3) is 11.1 Å². The molecule has 39 heavy (non-hydrogen) atoms. The van der Waals surface area contributed by atoms with E-state index >= 15 is 0 Å². The molecule has 0 fully saturated rings. The number of ether oxygens (including phenoxy) is 2. The Hall–Kier alpha value is -4.06. The number of aliphatic hydroxyl groups is 1. The Bertz CT molecular complexity index is 1420. The Morgan fingerprint density at radius 1 is 0.897 bits per heavy atom. The lowest BCUT2D eigenvalue weighted by Gasteiger charge is -2.37. The van der Waals surface area contributed by atoms with Crippen molar-refractivity contribution in [1.82, 2.24) is 0 Å². The summed E-state index contributed by atoms with van der Waals surface area (Å²) in [7, 11) is 1.11. The minimum absolute atomic E-state index is 0.187. The lowest BCUT2D eigenvalue weighted by Crippen LogP contribution is -2.64. The molecule has 2 atom stereocenters. The molecule has 2 aliphatic rings. The number of methoxy groups -OCH3 is 1. The number of Topliss-reactive ketones (excluding diaryl/α,β-unsaturated/α-hetero) is 1. The summed E-state index contributed by atoms with van der Waals surface area (Å²) >= 11 is 0. The van der Waals surface area contributed by atoms with Crippen LogP contribution < -0.4 is 9.64 Å². The summed E-state index contributed by atoms with van der Waals surface area (Å²) < 4.78 is 93.7. The van der Waals surface area contributed by atoms with Crippen LogP contribution in [0.2, 0.25) is 0 Å². The molecule has 0 saturated heterocycles. The number of fused-ring (bicyclic) bond motifs is 4. The number of nitrogens with zero attached hydrogens (tertiary/aromatic N) is 1. The average Bonchev–Trinajstić information content (AvgIpc) is 3.35. The second-order valence-electron chi connectivity index (χ2n) is 9.08. The van der Waals surface area contributed by atoms with Gasteiger partial charge in [0.15, 0.2) is 0 Å². The molecule has 0 spiro atoms. The highest BCUT2D eigenvalue weighted by Crippen LogP contribution is 2.56. The zero-order valence-corrected chi connectivity index (χ0v) is 20.0. The van der Waals surface area contributed by atoms with Crippen molar-refractivity contribution in [2.45, 2.75) is 29.9 Å². The molecule has 0 radical (unpaired) electrons. The van der Waals surface area contributed by atoms with Crippen LogP contribution in [0.15, 0.2) is 66.7 Å². The molecule has 1 amide bonds. The third-order valence-electron chi connectivity index (χ3n) is 7.01. The first kappa shape index (κ1) is 26.5. The number of rotatable bonds is 4. The summed E-state index contributed by atoms with van der Waals surface area (Å²) in [5.41, 5.74) is -3.12. The van der Waals surface area contributed by atoms with Gasteiger partial charge in [0.2, 0.25) is 5.78 Å². The molecule has 1 N–H and O–H groups in total. The van der Waals surface area contributed by atoms with Crippen molar-refractivity contribution in [1.29, 1.82) is 0 Å². The fraction of sp³-hybridized carbons (Fsp3) is 0.259. The van der Waals surface area contributed by atoms with E-state index in [0.29, 0.717) is 0 Å². The topological polar surface area (TPSA) is 76.1 Å². The molecule has 12 heteroatoms. The number of carbonyl (C=O) groups excluding carboxylic acids is 2. The van der Waals surface area contributed by atoms with Gasteiger partial charge in [0.05, 0.1) is 12.8 Å². The molecule has 0 aromatic heterocycles. The van der Waals surface area contributed by atoms with E-state index in [1.807, 2.05) is 12.1 Å². The summed E-state index contributed by atoms with van der Waals surface area (Å²) in [6.45, 7) is -0.485. The molecule has 0 saturated carbocycles. The van der Waals surface area contributed by atoms with Crippen LogP contribution in [0, 0.1) is 0 Å². The molecule has 204 valence electrons. The van der Waals surface area contributed by atoms with Gasteiger partial charge in [-0.05, 0) is 46.0 Å². The summed E-state index contributed by atoms with van der Waals surface area (Å²) in [5.74, 6) is -6.90. The first-order chi connectivity index (χ1) is 18.3. The number of anilines is 1. The molecule has 0 bridgehead atoms. The van der Waals surface area contributed by atoms with E-state index in [9.17, 15) is 41.0 Å². The van der Waals surface area contributed by atoms with Gasteiger partial charge in [-0.1, -0.05) is 48.5 Å². The van der Waals surface area contributed by atoms with Gasteiger partial charge in [0.1, 0.15) is 18.3 Å². The second-order valence-corrected chi connectivity index (χ2v) is 9.08. The molecule has 3 aromatic rings. The van der Waals surface area contributed by atoms with Crippen LogP contribution in [-0.2, 0) is 9.53 Å². The highest BCUT2D eigenvalue weighted by atomic mass is 19.4. The Morgan fingerprint density at radius 2 is 1.46 bits per heavy atom. The van der Waals surface area contributed by atoms with Crippen LogP contribution in [0.1, 0.15) is 28.5 Å². The predicted octanol–water partition coefficient (Wildman–Crippen LogP) is 5.93. The highest BCUT2D eigenvalue weighted by Gasteiger charge is 2.73. The normalized spacial score (nSPS) is 20.3. The maximum Gasteiger partial charge on any atom is 0.450 e. The molecule has 5 rings (SSSR count). The fourth-order valence-electron chi connectivity index (χ4n) is 5.30. The summed E-state index contributed by atoms with van der Waals surface area (Å²) in [5, 5.41) is 10.9. The number of amides is 1. The molecular weight excluding hydrogens is 532 g/mol. The Balaban J connectivity index is 1.56. The van der Waals surface area contributed by atoms with E-state index in [0.717, 1.165) is 47.6 Å². The molecule has 2 unspecified atom stereocenters. The Morgan fingerprint density at radius 3 is 1.97 bits per heavy atom. The minimum Gasteiger partial charge on any atom is -0.497 e. The maximum absolute atomic E-state index is 14.4. The number of carbonyl (C=O) groups is 2. The van der Waals surface area contributed by atoms with Crippen LogP contribution in [0.5, 0.6) is 5.75 Å². The van der Waals surface area contributed by atoms with Gasteiger partial charge in [-0.2, -0.15) is 26.3 Å². The Labute approximate surface area is 217 Å². The van der Waals surface area contributed by atoms with E-state index in [-0.39, 0.29) is 10.6 Å². The van der Waals surface area contributed by atoms with E-state index in [4.69, 9.17) is 9.47 Å². The largest absolute Gasteiger partial charge is 0.497 e. The maximum atomic E-state index is 14.4. The van der Waals surface area contributed by atoms with Crippen molar-refractivity contribution < 1.29 is 50.5 Å². The summed E-state index contributed by atoms with van der Waals surface area (Å²) in [6, 6.07) is 16.9. The van der Waals surface area contributed by atoms with Gasteiger partial charge in [0, 0.05) is 5.92 Å². The van der Waals surface area contributed by atoms with E-state index in [1.165, 1.54) is 0 Å². The third-order valence-corrected chi connectivity index (χ3v) is 7.01. The number of halogens is 6. The molecule has 1 aliphatic heterocycles. The van der Waals surface area contributed by atoms with Crippen molar-refractivity contribution in [3.05, 3.63) is 83.4 Å². The molecule has 3 aromatic carbocycles. The standard InChI is InChI=1S/C27H19F6NO5/c1-38-14-10-11-21-19(12-14)22(23(35)26(28,29)30)25(37,27(31,32)33)34(21)24(36)39-13-20-17-8-4-2-6-15(17)16-7-3-5-9-18(16)20/h2-12,20,22,37H,13H2,1H3. The smallest absolute Gasteiger partial charge is 0.450 e. The zero-order chi connectivity index (χ0) is 28.3. The summed E-state index contributed by atoms with van der Waals surface area (Å²) in [6.07, 6.45) is -13.4. The molecule has 1 heterocycles. The first-order valence-corrected chi connectivity index (χ1v) is 11.5. The van der Waals surface area contributed by atoms with Crippen LogP contribution in [0.4, 0.5) is 36.8 Å². The third kappa shape index (κ3) is 4.01. The van der Waals surface area contributed by atoms with E-state index in [1.54, 1.807) is 36.4 Å². The van der Waals surface area contributed by atoms with Crippen molar-refractivity contribution in [2.75, 3.05) is 18.6 Å². The van der Waals surface area contributed by atoms with Gasteiger partial charge in [-0.15, -0.1) is 0 Å². The Kier molecular flexibility index (Phi) is 6.13. The van der Waals surface area contributed by atoms with Crippen molar-refractivity contribution in [2.24, 2.45) is 0 Å². The van der Waals surface area contributed by atoms with Crippen LogP contribution in [0.3, 0.4) is 0 Å². The molecular formula is C27H19F6NO5. The zero-order valence-electron chi connectivity index (χ0n) is 20.0. The number of alkyl halides is 6. The van der Waals surface area contributed by atoms with Crippen LogP contribution in [-0.4, -0.2) is 48.8 Å². The number of hydrogen-bond donors (Lipinski definition) is 1. The van der Waals surface area contributed by atoms with Crippen molar-refractivity contribution in [3.63, 3.8) is 0 Å². The quantitative estimate of drug-likeness (QED) is 0.407. The number of benzene rings is 3. The molecule has 6 nitrogen and oxygen atoms in total. The second kappa shape index (κ2) is 9.01. The number of ketones is 1. The SMILES string of the molecule is COc1ccc2c(c1)C(C(=O)C(F)(F)F)C(O)(C(F)(F)F)N2C(=O)OCC1c2ccccc2-c2ccccc21. The van der Waals surface area contributed by atoms with Gasteiger partial charge >= 0.3 is 18.4 Å². The minimum atomic E-state index is -5.89. The van der Waals surface area contributed by atoms with Gasteiger partial charge in [-0.25, -0.2) is 9.69 Å². The molecule has 1 aliphatic carbocycles. The lowest BCUT2D eigenvalue weighted by molar-refractivity contribution is -0.265. The van der Waals surface area contributed by atoms with Crippen molar-refractivity contribution >= 4 is 17.6 Å². The lowest BCUT2D eigenvalue weighted by atomic mass is 9.86. The van der Waals surface area contributed by atoms with E-state index < -0.39 is 59.6 Å². The predicted molar refractivity (Wildman–Crippen MR) is 125 cm³/mol. The average molecular weight is 551 g/mol.